The molecule has 2 heterocycles. The molecular formula is C25H24ClN3O4. The van der Waals surface area contributed by atoms with Crippen molar-refractivity contribution in [3.63, 3.8) is 0 Å². The Kier molecular flexibility index (Phi) is 6.91. The smallest absolute Gasteiger partial charge is 0.327 e. The van der Waals surface area contributed by atoms with Crippen molar-refractivity contribution in [2.24, 2.45) is 0 Å². The zero-order valence-electron chi connectivity index (χ0n) is 18.2. The monoisotopic (exact) mass is 465 g/mol. The molecule has 1 unspecified atom stereocenters. The SMILES string of the molecule is COC(=O)C(c1ccc(Cl)cc1)N1CCN(C(=O)c2ccc(-c3ccccc3)[nH]c2=O)CC1. The number of halogens is 1. The molecule has 1 saturated heterocycles. The predicted molar refractivity (Wildman–Crippen MR) is 126 cm³/mol. The van der Waals surface area contributed by atoms with Crippen molar-refractivity contribution in [2.45, 2.75) is 6.04 Å². The number of nitrogens with one attached hydrogen (secondary N) is 1. The van der Waals surface area contributed by atoms with E-state index in [9.17, 15) is 14.4 Å². The third-order valence-corrected chi connectivity index (χ3v) is 6.05. The number of rotatable bonds is 5. The van der Waals surface area contributed by atoms with E-state index < -0.39 is 11.6 Å². The molecule has 7 nitrogen and oxygen atoms in total. The van der Waals surface area contributed by atoms with E-state index in [1.54, 1.807) is 41.3 Å². The van der Waals surface area contributed by atoms with E-state index >= 15 is 0 Å². The highest BCUT2D eigenvalue weighted by molar-refractivity contribution is 6.30. The van der Waals surface area contributed by atoms with Gasteiger partial charge in [-0.3, -0.25) is 14.5 Å². The van der Waals surface area contributed by atoms with E-state index in [-0.39, 0.29) is 17.4 Å². The summed E-state index contributed by atoms with van der Waals surface area (Å²) in [7, 11) is 1.36. The Morgan fingerprint density at radius 2 is 1.61 bits per heavy atom. The van der Waals surface area contributed by atoms with Crippen molar-refractivity contribution in [1.82, 2.24) is 14.8 Å². The van der Waals surface area contributed by atoms with Crippen LogP contribution in [-0.2, 0) is 9.53 Å². The summed E-state index contributed by atoms with van der Waals surface area (Å²) in [5.74, 6) is -0.693. The zero-order valence-corrected chi connectivity index (χ0v) is 18.9. The molecule has 4 rings (SSSR count). The fraction of sp³-hybridized carbons (Fsp3) is 0.240. The van der Waals surface area contributed by atoms with E-state index in [1.165, 1.54) is 7.11 Å². The molecule has 1 aliphatic heterocycles. The molecule has 0 radical (unpaired) electrons. The number of carbonyl (C=O) groups excluding carboxylic acids is 2. The van der Waals surface area contributed by atoms with Crippen molar-refractivity contribution in [1.29, 1.82) is 0 Å². The van der Waals surface area contributed by atoms with Gasteiger partial charge in [0.2, 0.25) is 0 Å². The van der Waals surface area contributed by atoms with Crippen molar-refractivity contribution in [3.05, 3.63) is 93.2 Å². The van der Waals surface area contributed by atoms with Gasteiger partial charge in [0.1, 0.15) is 11.6 Å². The van der Waals surface area contributed by atoms with Gasteiger partial charge in [-0.05, 0) is 35.4 Å². The summed E-state index contributed by atoms with van der Waals surface area (Å²) in [6.07, 6.45) is 0. The van der Waals surface area contributed by atoms with E-state index in [1.807, 2.05) is 35.2 Å². The molecule has 0 spiro atoms. The van der Waals surface area contributed by atoms with Crippen LogP contribution >= 0.6 is 11.6 Å². The molecule has 1 atom stereocenters. The molecule has 1 amide bonds. The van der Waals surface area contributed by atoms with Gasteiger partial charge in [0.15, 0.2) is 0 Å². The summed E-state index contributed by atoms with van der Waals surface area (Å²) < 4.78 is 5.02. The lowest BCUT2D eigenvalue weighted by molar-refractivity contribution is -0.148. The molecule has 0 aliphatic carbocycles. The third-order valence-electron chi connectivity index (χ3n) is 5.80. The Morgan fingerprint density at radius 1 is 0.939 bits per heavy atom. The Balaban J connectivity index is 1.47. The maximum absolute atomic E-state index is 13.0. The molecule has 8 heteroatoms. The van der Waals surface area contributed by atoms with Gasteiger partial charge in [0.05, 0.1) is 7.11 Å². The van der Waals surface area contributed by atoms with Crippen LogP contribution in [0.25, 0.3) is 11.3 Å². The highest BCUT2D eigenvalue weighted by Gasteiger charge is 2.33. The molecule has 1 aromatic heterocycles. The number of aromatic amines is 1. The van der Waals surface area contributed by atoms with E-state index in [4.69, 9.17) is 16.3 Å². The van der Waals surface area contributed by atoms with Crippen LogP contribution in [0.4, 0.5) is 0 Å². The Labute approximate surface area is 196 Å². The number of ether oxygens (including phenoxy) is 1. The number of carbonyl (C=O) groups is 2. The number of hydrogen-bond donors (Lipinski definition) is 1. The van der Waals surface area contributed by atoms with Crippen molar-refractivity contribution in [2.75, 3.05) is 33.3 Å². The maximum Gasteiger partial charge on any atom is 0.327 e. The van der Waals surface area contributed by atoms with Crippen LogP contribution in [0.3, 0.4) is 0 Å². The number of H-pyrrole nitrogens is 1. The number of nitrogens with zero attached hydrogens (tertiary/aromatic N) is 2. The Morgan fingerprint density at radius 3 is 2.21 bits per heavy atom. The molecular weight excluding hydrogens is 442 g/mol. The second kappa shape index (κ2) is 10.0. The van der Waals surface area contributed by atoms with E-state index in [0.29, 0.717) is 36.9 Å². The first-order valence-electron chi connectivity index (χ1n) is 10.6. The number of pyridine rings is 1. The van der Waals surface area contributed by atoms with Gasteiger partial charge in [-0.2, -0.15) is 0 Å². The number of piperazine rings is 1. The van der Waals surface area contributed by atoms with Crippen LogP contribution < -0.4 is 5.56 Å². The molecule has 170 valence electrons. The number of methoxy groups -OCH3 is 1. The third kappa shape index (κ3) is 4.99. The van der Waals surface area contributed by atoms with Crippen LogP contribution in [0.2, 0.25) is 5.02 Å². The summed E-state index contributed by atoms with van der Waals surface area (Å²) in [5, 5.41) is 0.585. The normalized spacial score (nSPS) is 15.2. The van der Waals surface area contributed by atoms with Gasteiger partial charge in [0, 0.05) is 36.9 Å². The van der Waals surface area contributed by atoms with E-state index in [2.05, 4.69) is 4.98 Å². The molecule has 33 heavy (non-hydrogen) atoms. The van der Waals surface area contributed by atoms with Crippen LogP contribution in [0.1, 0.15) is 22.0 Å². The van der Waals surface area contributed by atoms with Gasteiger partial charge >= 0.3 is 5.97 Å². The molecule has 1 aliphatic rings. The minimum absolute atomic E-state index is 0.102. The molecule has 2 aromatic carbocycles. The minimum atomic E-state index is -0.585. The summed E-state index contributed by atoms with van der Waals surface area (Å²) in [5.41, 5.74) is 1.99. The molecule has 1 fully saturated rings. The lowest BCUT2D eigenvalue weighted by Crippen LogP contribution is -2.51. The van der Waals surface area contributed by atoms with Crippen LogP contribution in [0.15, 0.2) is 71.5 Å². The average molecular weight is 466 g/mol. The second-order valence-corrected chi connectivity index (χ2v) is 8.22. The number of amides is 1. The second-order valence-electron chi connectivity index (χ2n) is 7.79. The highest BCUT2D eigenvalue weighted by Crippen LogP contribution is 2.25. The van der Waals surface area contributed by atoms with Gasteiger partial charge in [0.25, 0.3) is 11.5 Å². The predicted octanol–water partition coefficient (Wildman–Crippen LogP) is 3.37. The van der Waals surface area contributed by atoms with Crippen molar-refractivity contribution in [3.8, 4) is 11.3 Å². The van der Waals surface area contributed by atoms with Gasteiger partial charge in [-0.25, -0.2) is 4.79 Å². The Bertz CT molecular complexity index is 1190. The first kappa shape index (κ1) is 22.8. The number of benzene rings is 2. The molecule has 0 bridgehead atoms. The standard InChI is InChI=1S/C25H24ClN3O4/c1-33-25(32)22(18-7-9-19(26)10-8-18)28-13-15-29(16-14-28)24(31)20-11-12-21(27-23(20)30)17-5-3-2-4-6-17/h2-12,22H,13-16H2,1H3,(H,27,30). The quantitative estimate of drug-likeness (QED) is 0.584. The fourth-order valence-electron chi connectivity index (χ4n) is 4.03. The van der Waals surface area contributed by atoms with Gasteiger partial charge < -0.3 is 14.6 Å². The molecule has 3 aromatic rings. The number of aromatic nitrogens is 1. The first-order chi connectivity index (χ1) is 16.0. The maximum atomic E-state index is 13.0. The first-order valence-corrected chi connectivity index (χ1v) is 11.0. The topological polar surface area (TPSA) is 82.7 Å². The number of hydrogen-bond acceptors (Lipinski definition) is 5. The number of esters is 1. The van der Waals surface area contributed by atoms with Crippen molar-refractivity contribution < 1.29 is 14.3 Å². The molecule has 1 N–H and O–H groups in total. The minimum Gasteiger partial charge on any atom is -0.468 e. The zero-order chi connectivity index (χ0) is 23.4. The highest BCUT2D eigenvalue weighted by atomic mass is 35.5. The van der Waals surface area contributed by atoms with Crippen LogP contribution in [-0.4, -0.2) is 59.9 Å². The van der Waals surface area contributed by atoms with Crippen LogP contribution in [0, 0.1) is 0 Å². The van der Waals surface area contributed by atoms with Crippen LogP contribution in [0.5, 0.6) is 0 Å². The summed E-state index contributed by atoms with van der Waals surface area (Å²) in [6, 6.07) is 19.3. The lowest BCUT2D eigenvalue weighted by Gasteiger charge is -2.38. The van der Waals surface area contributed by atoms with Gasteiger partial charge in [-0.1, -0.05) is 54.1 Å². The molecule has 0 saturated carbocycles. The summed E-state index contributed by atoms with van der Waals surface area (Å²) in [6.45, 7) is 1.71. The largest absolute Gasteiger partial charge is 0.468 e. The summed E-state index contributed by atoms with van der Waals surface area (Å²) >= 11 is 5.98. The summed E-state index contributed by atoms with van der Waals surface area (Å²) in [4.78, 5) is 44.6. The van der Waals surface area contributed by atoms with Crippen molar-refractivity contribution >= 4 is 23.5 Å². The lowest BCUT2D eigenvalue weighted by atomic mass is 10.0. The van der Waals surface area contributed by atoms with E-state index in [0.717, 1.165) is 11.1 Å². The fourth-order valence-corrected chi connectivity index (χ4v) is 4.16. The average Bonchev–Trinajstić information content (AvgIpc) is 2.85. The van der Waals surface area contributed by atoms with Gasteiger partial charge in [-0.15, -0.1) is 0 Å². The Hall–Kier alpha value is -3.42.